The zero-order valence-electron chi connectivity index (χ0n) is 9.39. The molecule has 84 valence electrons. The Morgan fingerprint density at radius 3 is 1.80 bits per heavy atom. The molecule has 0 amide bonds. The van der Waals surface area contributed by atoms with Crippen molar-refractivity contribution in [3.05, 3.63) is 0 Å². The van der Waals surface area contributed by atoms with Crippen molar-refractivity contribution in [2.75, 3.05) is 50.0 Å². The van der Waals surface area contributed by atoms with E-state index in [4.69, 9.17) is 5.11 Å². The smallest absolute Gasteiger partial charge is 0.231 e. The molecule has 0 aliphatic rings. The lowest BCUT2D eigenvalue weighted by atomic mass is 10.7. The largest absolute Gasteiger partial charge is 0.376 e. The molecule has 0 saturated heterocycles. The van der Waals surface area contributed by atoms with Crippen LogP contribution in [0, 0.1) is 0 Å². The van der Waals surface area contributed by atoms with Gasteiger partial charge in [-0.2, -0.15) is 15.0 Å². The number of hydrogen-bond acceptors (Lipinski definition) is 7. The van der Waals surface area contributed by atoms with E-state index in [-0.39, 0.29) is 6.73 Å². The molecule has 1 aromatic heterocycles. The van der Waals surface area contributed by atoms with Gasteiger partial charge in [0.15, 0.2) is 0 Å². The number of aliphatic hydroxyl groups excluding tert-OH is 1. The van der Waals surface area contributed by atoms with Crippen LogP contribution in [-0.2, 0) is 0 Å². The van der Waals surface area contributed by atoms with Gasteiger partial charge < -0.3 is 20.2 Å². The standard InChI is InChI=1S/C8H16N6O/c1-13(2)7-10-6(9-5-15)11-8(12-7)14(3)4/h15H,5H2,1-4H3,(H,9,10,11,12). The van der Waals surface area contributed by atoms with Gasteiger partial charge in [0.2, 0.25) is 17.8 Å². The first kappa shape index (κ1) is 11.4. The summed E-state index contributed by atoms with van der Waals surface area (Å²) in [5.41, 5.74) is 0. The highest BCUT2D eigenvalue weighted by Crippen LogP contribution is 2.12. The Labute approximate surface area is 88.8 Å². The first-order valence-corrected chi connectivity index (χ1v) is 4.50. The molecule has 1 aromatic rings. The van der Waals surface area contributed by atoms with Crippen molar-refractivity contribution < 1.29 is 5.11 Å². The lowest BCUT2D eigenvalue weighted by Gasteiger charge is -2.16. The Balaban J connectivity index is 3.08. The zero-order valence-corrected chi connectivity index (χ0v) is 9.39. The molecule has 0 spiro atoms. The molecule has 1 rings (SSSR count). The number of rotatable bonds is 4. The molecule has 0 unspecified atom stereocenters. The van der Waals surface area contributed by atoms with Crippen molar-refractivity contribution in [1.82, 2.24) is 15.0 Å². The Hall–Kier alpha value is -1.63. The third-order valence-corrected chi connectivity index (χ3v) is 1.65. The van der Waals surface area contributed by atoms with Crippen molar-refractivity contribution in [1.29, 1.82) is 0 Å². The van der Waals surface area contributed by atoms with E-state index in [0.29, 0.717) is 17.8 Å². The van der Waals surface area contributed by atoms with Crippen molar-refractivity contribution in [2.45, 2.75) is 0 Å². The molecule has 0 aromatic carbocycles. The second-order valence-corrected chi connectivity index (χ2v) is 3.38. The number of hydrogen-bond donors (Lipinski definition) is 2. The fraction of sp³-hybridized carbons (Fsp3) is 0.625. The number of anilines is 3. The van der Waals surface area contributed by atoms with Gasteiger partial charge in [0, 0.05) is 28.2 Å². The van der Waals surface area contributed by atoms with Crippen LogP contribution in [0.3, 0.4) is 0 Å². The van der Waals surface area contributed by atoms with Gasteiger partial charge in [0.1, 0.15) is 6.73 Å². The maximum Gasteiger partial charge on any atom is 0.231 e. The van der Waals surface area contributed by atoms with Crippen molar-refractivity contribution in [3.8, 4) is 0 Å². The number of nitrogens with one attached hydrogen (secondary N) is 1. The summed E-state index contributed by atoms with van der Waals surface area (Å²) >= 11 is 0. The number of aromatic nitrogens is 3. The molecule has 0 aliphatic heterocycles. The summed E-state index contributed by atoms with van der Waals surface area (Å²) in [6.07, 6.45) is 0. The van der Waals surface area contributed by atoms with Gasteiger partial charge in [0.25, 0.3) is 0 Å². The topological polar surface area (TPSA) is 77.4 Å². The van der Waals surface area contributed by atoms with Crippen LogP contribution in [0.25, 0.3) is 0 Å². The minimum absolute atomic E-state index is 0.205. The van der Waals surface area contributed by atoms with Crippen molar-refractivity contribution >= 4 is 17.8 Å². The molecule has 0 fully saturated rings. The van der Waals surface area contributed by atoms with Gasteiger partial charge in [-0.3, -0.25) is 0 Å². The maximum absolute atomic E-state index is 8.74. The number of aliphatic hydroxyl groups is 1. The summed E-state index contributed by atoms with van der Waals surface area (Å²) in [6.45, 7) is -0.205. The summed E-state index contributed by atoms with van der Waals surface area (Å²) in [5.74, 6) is 1.45. The molecule has 0 aliphatic carbocycles. The molecular formula is C8H16N6O. The molecular weight excluding hydrogens is 196 g/mol. The summed E-state index contributed by atoms with van der Waals surface area (Å²) in [5, 5.41) is 11.4. The lowest BCUT2D eigenvalue weighted by molar-refractivity contribution is 0.324. The highest BCUT2D eigenvalue weighted by molar-refractivity contribution is 5.43. The van der Waals surface area contributed by atoms with E-state index < -0.39 is 0 Å². The maximum atomic E-state index is 8.74. The van der Waals surface area contributed by atoms with Crippen LogP contribution in [-0.4, -0.2) is 55.0 Å². The van der Waals surface area contributed by atoms with Gasteiger partial charge in [0.05, 0.1) is 0 Å². The quantitative estimate of drug-likeness (QED) is 0.643. The van der Waals surface area contributed by atoms with Crippen LogP contribution in [0.15, 0.2) is 0 Å². The fourth-order valence-electron chi connectivity index (χ4n) is 0.904. The average Bonchev–Trinajstić information content (AvgIpc) is 2.17. The molecule has 2 N–H and O–H groups in total. The molecule has 0 bridgehead atoms. The fourth-order valence-corrected chi connectivity index (χ4v) is 0.904. The van der Waals surface area contributed by atoms with Crippen LogP contribution in [0.2, 0.25) is 0 Å². The van der Waals surface area contributed by atoms with Gasteiger partial charge in [-0.15, -0.1) is 0 Å². The molecule has 7 nitrogen and oxygen atoms in total. The highest BCUT2D eigenvalue weighted by Gasteiger charge is 2.08. The minimum atomic E-state index is -0.205. The van der Waals surface area contributed by atoms with E-state index in [0.717, 1.165) is 0 Å². The van der Waals surface area contributed by atoms with Gasteiger partial charge in [-0.25, -0.2) is 0 Å². The first-order valence-electron chi connectivity index (χ1n) is 4.50. The monoisotopic (exact) mass is 212 g/mol. The lowest BCUT2D eigenvalue weighted by Crippen LogP contribution is -2.20. The van der Waals surface area contributed by atoms with Crippen molar-refractivity contribution in [3.63, 3.8) is 0 Å². The second kappa shape index (κ2) is 4.74. The highest BCUT2D eigenvalue weighted by atomic mass is 16.3. The Bertz CT molecular complexity index is 301. The van der Waals surface area contributed by atoms with Crippen LogP contribution in [0.1, 0.15) is 0 Å². The molecule has 0 atom stereocenters. The Morgan fingerprint density at radius 1 is 1.00 bits per heavy atom. The van der Waals surface area contributed by atoms with E-state index in [1.807, 2.05) is 28.2 Å². The van der Waals surface area contributed by atoms with E-state index >= 15 is 0 Å². The second-order valence-electron chi connectivity index (χ2n) is 3.38. The predicted molar refractivity (Wildman–Crippen MR) is 59.2 cm³/mol. The zero-order chi connectivity index (χ0) is 11.4. The van der Waals surface area contributed by atoms with Gasteiger partial charge in [-0.05, 0) is 0 Å². The molecule has 0 radical (unpaired) electrons. The van der Waals surface area contributed by atoms with Gasteiger partial charge >= 0.3 is 0 Å². The summed E-state index contributed by atoms with van der Waals surface area (Å²) < 4.78 is 0. The molecule has 7 heteroatoms. The van der Waals surface area contributed by atoms with E-state index in [9.17, 15) is 0 Å². The van der Waals surface area contributed by atoms with E-state index in [2.05, 4.69) is 20.3 Å². The van der Waals surface area contributed by atoms with Crippen LogP contribution in [0.4, 0.5) is 17.8 Å². The van der Waals surface area contributed by atoms with Crippen LogP contribution in [0.5, 0.6) is 0 Å². The Morgan fingerprint density at radius 2 is 1.47 bits per heavy atom. The van der Waals surface area contributed by atoms with Crippen LogP contribution >= 0.6 is 0 Å². The molecule has 1 heterocycles. The molecule has 0 saturated carbocycles. The third kappa shape index (κ3) is 2.91. The predicted octanol–water partition coefficient (Wildman–Crippen LogP) is -0.635. The van der Waals surface area contributed by atoms with Gasteiger partial charge in [-0.1, -0.05) is 0 Å². The first-order chi connectivity index (χ1) is 7.04. The normalized spacial score (nSPS) is 9.93. The SMILES string of the molecule is CN(C)c1nc(NCO)nc(N(C)C)n1. The van der Waals surface area contributed by atoms with E-state index in [1.54, 1.807) is 9.80 Å². The Kier molecular flexibility index (Phi) is 3.62. The van der Waals surface area contributed by atoms with Crippen molar-refractivity contribution in [2.24, 2.45) is 0 Å². The molecule has 15 heavy (non-hydrogen) atoms. The number of nitrogens with zero attached hydrogens (tertiary/aromatic N) is 5. The van der Waals surface area contributed by atoms with E-state index in [1.165, 1.54) is 0 Å². The van der Waals surface area contributed by atoms with Crippen LogP contribution < -0.4 is 15.1 Å². The third-order valence-electron chi connectivity index (χ3n) is 1.65. The minimum Gasteiger partial charge on any atom is -0.376 e. The summed E-state index contributed by atoms with van der Waals surface area (Å²) in [4.78, 5) is 16.0. The summed E-state index contributed by atoms with van der Waals surface area (Å²) in [7, 11) is 7.38. The average molecular weight is 212 g/mol. The summed E-state index contributed by atoms with van der Waals surface area (Å²) in [6, 6.07) is 0.